The van der Waals surface area contributed by atoms with Crippen molar-refractivity contribution in [3.8, 4) is 17.2 Å². The minimum atomic E-state index is -1.59. The highest BCUT2D eigenvalue weighted by Crippen LogP contribution is 2.65. The summed E-state index contributed by atoms with van der Waals surface area (Å²) in [6.07, 6.45) is 2.32. The highest BCUT2D eigenvalue weighted by Gasteiger charge is 2.70. The molecular weight excluding hydrogens is 645 g/mol. The molecule has 2 heterocycles. The number of benzene rings is 3. The maximum Gasteiger partial charge on any atom is 0.260 e. The first-order chi connectivity index (χ1) is 22.5. The van der Waals surface area contributed by atoms with Gasteiger partial charge in [-0.3, -0.25) is 29.5 Å². The molecule has 0 aromatic heterocycles. The number of fused-ring (bicyclic) bond motifs is 4. The lowest BCUT2D eigenvalue weighted by molar-refractivity contribution is -0.140. The maximum atomic E-state index is 15.2. The summed E-state index contributed by atoms with van der Waals surface area (Å²) in [5.41, 5.74) is 3.24. The summed E-state index contributed by atoms with van der Waals surface area (Å²) in [6.45, 7) is 0. The van der Waals surface area contributed by atoms with Crippen molar-refractivity contribution in [2.45, 2.75) is 24.2 Å². The fraction of sp³-hybridized carbons (Fsp3) is 0.314. The van der Waals surface area contributed by atoms with Crippen LogP contribution >= 0.6 is 23.2 Å². The van der Waals surface area contributed by atoms with E-state index in [0.717, 1.165) is 9.91 Å². The second kappa shape index (κ2) is 11.3. The van der Waals surface area contributed by atoms with E-state index in [2.05, 4.69) is 5.43 Å². The quantitative estimate of drug-likeness (QED) is 0.265. The molecule has 2 saturated heterocycles. The predicted octanol–water partition coefficient (Wildman–Crippen LogP) is 5.33. The SMILES string of the molecule is COc1ccc(C23C(=O)N(Nc4ccc(Cl)cc4Cl)C(=O)C2CC2C(=CCC4C(=O)N(C)C(=O)C42)C3c2cccc(OC)c2O)cc1. The molecule has 3 aromatic rings. The Labute approximate surface area is 280 Å². The fourth-order valence-corrected chi connectivity index (χ4v) is 8.73. The molecule has 0 spiro atoms. The van der Waals surface area contributed by atoms with E-state index in [4.69, 9.17) is 32.7 Å². The topological polar surface area (TPSA) is 125 Å². The van der Waals surface area contributed by atoms with Gasteiger partial charge in [0.2, 0.25) is 11.8 Å². The number of imide groups is 2. The Balaban J connectivity index is 1.50. The number of allylic oxidation sites excluding steroid dienone is 2. The summed E-state index contributed by atoms with van der Waals surface area (Å²) in [5, 5.41) is 13.2. The Morgan fingerprint density at radius 3 is 2.34 bits per heavy atom. The van der Waals surface area contributed by atoms with Crippen LogP contribution in [0.15, 0.2) is 72.3 Å². The van der Waals surface area contributed by atoms with Gasteiger partial charge in [-0.15, -0.1) is 0 Å². The zero-order valence-corrected chi connectivity index (χ0v) is 27.2. The van der Waals surface area contributed by atoms with Gasteiger partial charge in [-0.1, -0.05) is 59.1 Å². The molecule has 12 heteroatoms. The molecule has 10 nitrogen and oxygen atoms in total. The number of hydrazine groups is 1. The molecule has 1 saturated carbocycles. The number of ether oxygens (including phenoxy) is 2. The number of nitrogens with one attached hydrogen (secondary N) is 1. The number of phenolic OH excluding ortho intramolecular Hbond substituents is 1. The number of carbonyl (C=O) groups excluding carboxylic acids is 4. The molecule has 47 heavy (non-hydrogen) atoms. The van der Waals surface area contributed by atoms with Gasteiger partial charge in [-0.2, -0.15) is 5.01 Å². The number of nitrogens with zero attached hydrogens (tertiary/aromatic N) is 2. The highest BCUT2D eigenvalue weighted by atomic mass is 35.5. The second-order valence-corrected chi connectivity index (χ2v) is 13.2. The molecule has 0 radical (unpaired) electrons. The van der Waals surface area contributed by atoms with Crippen LogP contribution < -0.4 is 14.9 Å². The molecule has 3 fully saturated rings. The number of methoxy groups -OCH3 is 2. The second-order valence-electron chi connectivity index (χ2n) is 12.3. The van der Waals surface area contributed by atoms with Crippen molar-refractivity contribution in [3.05, 3.63) is 93.5 Å². The number of amides is 4. The minimum Gasteiger partial charge on any atom is -0.504 e. The molecule has 2 N–H and O–H groups in total. The van der Waals surface area contributed by atoms with E-state index in [1.807, 2.05) is 6.08 Å². The van der Waals surface area contributed by atoms with E-state index in [0.29, 0.717) is 27.5 Å². The Kier molecular flexibility index (Phi) is 7.48. The van der Waals surface area contributed by atoms with Crippen molar-refractivity contribution in [2.75, 3.05) is 26.7 Å². The van der Waals surface area contributed by atoms with Crippen LogP contribution in [0.25, 0.3) is 0 Å². The largest absolute Gasteiger partial charge is 0.504 e. The number of aromatic hydroxyl groups is 1. The van der Waals surface area contributed by atoms with Crippen LogP contribution in [-0.2, 0) is 24.6 Å². The summed E-state index contributed by atoms with van der Waals surface area (Å²) in [4.78, 5) is 57.8. The zero-order chi connectivity index (χ0) is 33.4. The molecule has 6 unspecified atom stereocenters. The minimum absolute atomic E-state index is 0.115. The molecule has 4 amide bonds. The normalized spacial score (nSPS) is 28.1. The lowest BCUT2D eigenvalue weighted by atomic mass is 9.49. The molecule has 2 aliphatic heterocycles. The molecule has 2 aliphatic carbocycles. The number of anilines is 1. The summed E-state index contributed by atoms with van der Waals surface area (Å²) >= 11 is 12.6. The van der Waals surface area contributed by atoms with Crippen LogP contribution in [0.2, 0.25) is 10.0 Å². The van der Waals surface area contributed by atoms with Gasteiger partial charge in [0.1, 0.15) is 5.75 Å². The third-order valence-electron chi connectivity index (χ3n) is 10.4. The van der Waals surface area contributed by atoms with Gasteiger partial charge in [-0.25, -0.2) is 0 Å². The molecule has 0 bridgehead atoms. The Morgan fingerprint density at radius 1 is 0.915 bits per heavy atom. The lowest BCUT2D eigenvalue weighted by Gasteiger charge is -2.50. The smallest absolute Gasteiger partial charge is 0.260 e. The lowest BCUT2D eigenvalue weighted by Crippen LogP contribution is -2.53. The number of likely N-dealkylation sites (tertiary alicyclic amines) is 1. The number of phenols is 1. The molecule has 242 valence electrons. The first-order valence-electron chi connectivity index (χ1n) is 15.2. The van der Waals surface area contributed by atoms with Crippen LogP contribution in [0.3, 0.4) is 0 Å². The van der Waals surface area contributed by atoms with E-state index in [-0.39, 0.29) is 46.9 Å². The zero-order valence-electron chi connectivity index (χ0n) is 25.7. The van der Waals surface area contributed by atoms with Crippen molar-refractivity contribution in [3.63, 3.8) is 0 Å². The van der Waals surface area contributed by atoms with E-state index in [1.165, 1.54) is 27.3 Å². The number of para-hydroxylation sites is 1. The van der Waals surface area contributed by atoms with Crippen molar-refractivity contribution >= 4 is 52.5 Å². The number of hydrogen-bond donors (Lipinski definition) is 2. The van der Waals surface area contributed by atoms with Crippen LogP contribution in [-0.4, -0.2) is 59.9 Å². The van der Waals surface area contributed by atoms with Gasteiger partial charge in [-0.05, 0) is 60.7 Å². The Bertz CT molecular complexity index is 1880. The summed E-state index contributed by atoms with van der Waals surface area (Å²) in [7, 11) is 4.44. The van der Waals surface area contributed by atoms with Crippen LogP contribution in [0.1, 0.15) is 29.9 Å². The van der Waals surface area contributed by atoms with E-state index < -0.39 is 46.8 Å². The predicted molar refractivity (Wildman–Crippen MR) is 173 cm³/mol. The van der Waals surface area contributed by atoms with Gasteiger partial charge in [0.15, 0.2) is 11.5 Å². The van der Waals surface area contributed by atoms with Crippen LogP contribution in [0.4, 0.5) is 5.69 Å². The fourth-order valence-electron chi connectivity index (χ4n) is 8.28. The van der Waals surface area contributed by atoms with Crippen molar-refractivity contribution in [1.82, 2.24) is 9.91 Å². The van der Waals surface area contributed by atoms with Gasteiger partial charge >= 0.3 is 0 Å². The molecular formula is C35H31Cl2N3O7. The summed E-state index contributed by atoms with van der Waals surface area (Å²) < 4.78 is 10.9. The third-order valence-corrected chi connectivity index (χ3v) is 10.9. The average Bonchev–Trinajstić information content (AvgIpc) is 3.42. The van der Waals surface area contributed by atoms with E-state index in [1.54, 1.807) is 54.6 Å². The number of hydrogen-bond acceptors (Lipinski definition) is 8. The molecule has 4 aliphatic rings. The van der Waals surface area contributed by atoms with Gasteiger partial charge in [0.25, 0.3) is 11.8 Å². The molecule has 6 atom stereocenters. The highest BCUT2D eigenvalue weighted by molar-refractivity contribution is 6.36. The summed E-state index contributed by atoms with van der Waals surface area (Å²) in [6, 6.07) is 16.6. The number of carbonyl (C=O) groups is 4. The van der Waals surface area contributed by atoms with Gasteiger partial charge < -0.3 is 14.6 Å². The van der Waals surface area contributed by atoms with Crippen molar-refractivity contribution in [2.24, 2.45) is 23.7 Å². The average molecular weight is 677 g/mol. The molecule has 7 rings (SSSR count). The monoisotopic (exact) mass is 675 g/mol. The van der Waals surface area contributed by atoms with Crippen molar-refractivity contribution < 1.29 is 33.8 Å². The first kappa shape index (κ1) is 31.1. The van der Waals surface area contributed by atoms with Crippen molar-refractivity contribution in [1.29, 1.82) is 0 Å². The third kappa shape index (κ3) is 4.38. The van der Waals surface area contributed by atoms with Crippen LogP contribution in [0.5, 0.6) is 17.2 Å². The maximum absolute atomic E-state index is 15.2. The number of rotatable bonds is 6. The Morgan fingerprint density at radius 2 is 1.66 bits per heavy atom. The summed E-state index contributed by atoms with van der Waals surface area (Å²) in [5.74, 6) is -4.92. The van der Waals surface area contributed by atoms with Crippen LogP contribution in [0, 0.1) is 23.7 Å². The number of halogens is 2. The van der Waals surface area contributed by atoms with E-state index in [9.17, 15) is 19.5 Å². The Hall–Kier alpha value is -4.54. The van der Waals surface area contributed by atoms with Gasteiger partial charge in [0.05, 0.1) is 48.1 Å². The van der Waals surface area contributed by atoms with Gasteiger partial charge in [0, 0.05) is 23.6 Å². The first-order valence-corrected chi connectivity index (χ1v) is 15.9. The standard InChI is InChI=1S/C35H31Cl2N3O7/c1-39-31(42)21-13-12-20-23(28(21)33(39)44)16-24-32(43)40(38-26-14-9-18(36)15-25(26)37)34(45)35(24,17-7-10-19(46-2)11-8-17)29(20)22-5-4-6-27(47-3)30(22)41/h4-12,14-15,21,23-24,28-29,38,41H,13,16H2,1-3H3. The molecule has 3 aromatic carbocycles. The van der Waals surface area contributed by atoms with E-state index >= 15 is 4.79 Å².